The van der Waals surface area contributed by atoms with E-state index >= 15 is 0 Å². The van der Waals surface area contributed by atoms with Gasteiger partial charge in [0.15, 0.2) is 0 Å². The van der Waals surface area contributed by atoms with Gasteiger partial charge in [-0.15, -0.1) is 11.3 Å². The van der Waals surface area contributed by atoms with E-state index in [9.17, 15) is 9.59 Å². The molecule has 1 saturated carbocycles. The number of ether oxygens (including phenoxy) is 1. The molecule has 0 aromatic carbocycles. The fourth-order valence-corrected chi connectivity index (χ4v) is 3.99. The lowest BCUT2D eigenvalue weighted by Crippen LogP contribution is -2.55. The third kappa shape index (κ3) is 4.53. The summed E-state index contributed by atoms with van der Waals surface area (Å²) in [5, 5.41) is 7.08. The number of morpholine rings is 1. The van der Waals surface area contributed by atoms with E-state index < -0.39 is 6.03 Å². The number of hydrogen-bond acceptors (Lipinski definition) is 5. The highest BCUT2D eigenvalue weighted by Gasteiger charge is 2.34. The van der Waals surface area contributed by atoms with Crippen molar-refractivity contribution in [3.63, 3.8) is 0 Å². The van der Waals surface area contributed by atoms with Crippen LogP contribution in [0.25, 0.3) is 0 Å². The van der Waals surface area contributed by atoms with Crippen molar-refractivity contribution in [2.24, 2.45) is 0 Å². The largest absolute Gasteiger partial charge is 0.375 e. The summed E-state index contributed by atoms with van der Waals surface area (Å²) in [5.74, 6) is -0.250. The third-order valence-electron chi connectivity index (χ3n) is 4.45. The van der Waals surface area contributed by atoms with Crippen LogP contribution >= 0.6 is 11.3 Å². The van der Waals surface area contributed by atoms with Crippen LogP contribution < -0.4 is 10.6 Å². The number of fused-ring (bicyclic) bond motifs is 1. The average Bonchev–Trinajstić information content (AvgIpc) is 3.07. The standard InChI is InChI=1S/C16H23N3O3S/c20-15(18-16(21)17-10-12-4-3-9-23-12)11-19-7-8-22-14-6-2-1-5-13(14)19/h3-4,9,13-14H,1-2,5-8,10-11H2,(H2,17,18,20,21)/t13-,14-/m1/s1. The number of amides is 3. The summed E-state index contributed by atoms with van der Waals surface area (Å²) in [4.78, 5) is 27.1. The van der Waals surface area contributed by atoms with Crippen LogP contribution in [-0.4, -0.2) is 48.7 Å². The van der Waals surface area contributed by atoms with Crippen LogP contribution in [0, 0.1) is 0 Å². The summed E-state index contributed by atoms with van der Waals surface area (Å²) in [5.41, 5.74) is 0. The lowest BCUT2D eigenvalue weighted by Gasteiger charge is -2.43. The molecular formula is C16H23N3O3S. The van der Waals surface area contributed by atoms with Gasteiger partial charge in [-0.25, -0.2) is 4.79 Å². The van der Waals surface area contributed by atoms with Crippen LogP contribution in [0.5, 0.6) is 0 Å². The van der Waals surface area contributed by atoms with E-state index in [0.717, 1.165) is 24.3 Å². The van der Waals surface area contributed by atoms with Crippen molar-refractivity contribution >= 4 is 23.3 Å². The first-order valence-corrected chi connectivity index (χ1v) is 9.06. The molecule has 0 spiro atoms. The van der Waals surface area contributed by atoms with Gasteiger partial charge in [0.1, 0.15) is 0 Å². The second kappa shape index (κ2) is 7.90. The summed E-state index contributed by atoms with van der Waals surface area (Å²) >= 11 is 1.58. The maximum Gasteiger partial charge on any atom is 0.321 e. The Morgan fingerprint density at radius 2 is 2.22 bits per heavy atom. The van der Waals surface area contributed by atoms with Gasteiger partial charge in [0, 0.05) is 17.5 Å². The Kier molecular flexibility index (Phi) is 5.64. The predicted molar refractivity (Wildman–Crippen MR) is 88.3 cm³/mol. The Balaban J connectivity index is 1.43. The zero-order chi connectivity index (χ0) is 16.1. The van der Waals surface area contributed by atoms with E-state index in [1.54, 1.807) is 11.3 Å². The van der Waals surface area contributed by atoms with Crippen LogP contribution in [0.1, 0.15) is 30.6 Å². The molecule has 2 atom stereocenters. The van der Waals surface area contributed by atoms with Crippen molar-refractivity contribution in [2.45, 2.75) is 44.4 Å². The lowest BCUT2D eigenvalue weighted by atomic mass is 9.90. The number of carbonyl (C=O) groups excluding carboxylic acids is 2. The molecule has 0 radical (unpaired) electrons. The fraction of sp³-hybridized carbons (Fsp3) is 0.625. The molecule has 1 saturated heterocycles. The molecule has 126 valence electrons. The highest BCUT2D eigenvalue weighted by molar-refractivity contribution is 7.09. The van der Waals surface area contributed by atoms with Gasteiger partial charge in [-0.3, -0.25) is 15.0 Å². The quantitative estimate of drug-likeness (QED) is 0.878. The second-order valence-electron chi connectivity index (χ2n) is 6.04. The monoisotopic (exact) mass is 337 g/mol. The van der Waals surface area contributed by atoms with Crippen molar-refractivity contribution < 1.29 is 14.3 Å². The molecule has 0 unspecified atom stereocenters. The van der Waals surface area contributed by atoms with Gasteiger partial charge < -0.3 is 10.1 Å². The zero-order valence-electron chi connectivity index (χ0n) is 13.1. The van der Waals surface area contributed by atoms with Gasteiger partial charge in [-0.2, -0.15) is 0 Å². The summed E-state index contributed by atoms with van der Waals surface area (Å²) in [6, 6.07) is 3.77. The van der Waals surface area contributed by atoms with Crippen molar-refractivity contribution in [1.29, 1.82) is 0 Å². The molecular weight excluding hydrogens is 314 g/mol. The molecule has 1 aliphatic carbocycles. The van der Waals surface area contributed by atoms with Gasteiger partial charge in [0.25, 0.3) is 0 Å². The number of imide groups is 1. The van der Waals surface area contributed by atoms with Crippen molar-refractivity contribution in [3.8, 4) is 0 Å². The highest BCUT2D eigenvalue weighted by atomic mass is 32.1. The van der Waals surface area contributed by atoms with Gasteiger partial charge in [-0.05, 0) is 24.3 Å². The first-order valence-electron chi connectivity index (χ1n) is 8.18. The summed E-state index contributed by atoms with van der Waals surface area (Å²) < 4.78 is 5.80. The molecule has 3 rings (SSSR count). The molecule has 0 bridgehead atoms. The molecule has 2 N–H and O–H groups in total. The second-order valence-corrected chi connectivity index (χ2v) is 7.07. The summed E-state index contributed by atoms with van der Waals surface area (Å²) in [6.07, 6.45) is 4.78. The van der Waals surface area contributed by atoms with Gasteiger partial charge in [-0.1, -0.05) is 18.9 Å². The number of urea groups is 1. The molecule has 1 aromatic heterocycles. The first kappa shape index (κ1) is 16.4. The van der Waals surface area contributed by atoms with Gasteiger partial charge in [0.05, 0.1) is 25.8 Å². The number of rotatable bonds is 4. The van der Waals surface area contributed by atoms with Crippen LogP contribution in [0.15, 0.2) is 17.5 Å². The Bertz CT molecular complexity index is 533. The first-order chi connectivity index (χ1) is 11.2. The number of nitrogens with zero attached hydrogens (tertiary/aromatic N) is 1. The zero-order valence-corrected chi connectivity index (χ0v) is 13.9. The van der Waals surface area contributed by atoms with Crippen LogP contribution in [0.3, 0.4) is 0 Å². The van der Waals surface area contributed by atoms with Crippen molar-refractivity contribution in [1.82, 2.24) is 15.5 Å². The van der Waals surface area contributed by atoms with E-state index in [-0.39, 0.29) is 18.6 Å². The van der Waals surface area contributed by atoms with Crippen LogP contribution in [0.2, 0.25) is 0 Å². The highest BCUT2D eigenvalue weighted by Crippen LogP contribution is 2.28. The van der Waals surface area contributed by atoms with E-state index in [1.807, 2.05) is 17.5 Å². The van der Waals surface area contributed by atoms with E-state index in [2.05, 4.69) is 15.5 Å². The normalized spacial score (nSPS) is 24.7. The molecule has 7 heteroatoms. The number of nitrogens with one attached hydrogen (secondary N) is 2. The minimum Gasteiger partial charge on any atom is -0.375 e. The molecule has 3 amide bonds. The van der Waals surface area contributed by atoms with E-state index in [1.165, 1.54) is 12.8 Å². The lowest BCUT2D eigenvalue weighted by molar-refractivity contribution is -0.128. The van der Waals surface area contributed by atoms with E-state index in [4.69, 9.17) is 4.74 Å². The maximum absolute atomic E-state index is 12.1. The molecule has 1 aliphatic heterocycles. The van der Waals surface area contributed by atoms with Crippen molar-refractivity contribution in [2.75, 3.05) is 19.7 Å². The molecule has 1 aromatic rings. The summed E-state index contributed by atoms with van der Waals surface area (Å²) in [7, 11) is 0. The minimum atomic E-state index is -0.433. The topological polar surface area (TPSA) is 70.7 Å². The fourth-order valence-electron chi connectivity index (χ4n) is 3.35. The maximum atomic E-state index is 12.1. The number of hydrogen-bond donors (Lipinski definition) is 2. The molecule has 2 fully saturated rings. The summed E-state index contributed by atoms with van der Waals surface area (Å²) in [6.45, 7) is 2.13. The smallest absolute Gasteiger partial charge is 0.321 e. The van der Waals surface area contributed by atoms with Gasteiger partial charge >= 0.3 is 6.03 Å². The predicted octanol–water partition coefficient (Wildman–Crippen LogP) is 1.72. The van der Waals surface area contributed by atoms with Crippen LogP contribution in [-0.2, 0) is 16.1 Å². The minimum absolute atomic E-state index is 0.248. The Hall–Kier alpha value is -1.44. The average molecular weight is 337 g/mol. The molecule has 2 aliphatic rings. The molecule has 23 heavy (non-hydrogen) atoms. The van der Waals surface area contributed by atoms with Crippen LogP contribution in [0.4, 0.5) is 4.79 Å². The van der Waals surface area contributed by atoms with Crippen molar-refractivity contribution in [3.05, 3.63) is 22.4 Å². The third-order valence-corrected chi connectivity index (χ3v) is 5.33. The number of carbonyl (C=O) groups is 2. The Morgan fingerprint density at radius 3 is 3.04 bits per heavy atom. The Morgan fingerprint density at radius 1 is 1.35 bits per heavy atom. The number of thiophene rings is 1. The van der Waals surface area contributed by atoms with Gasteiger partial charge in [0.2, 0.25) is 5.91 Å². The SMILES string of the molecule is O=C(CN1CCO[C@@H]2CCCC[C@H]21)NC(=O)NCc1cccs1. The van der Waals surface area contributed by atoms with E-state index in [0.29, 0.717) is 19.2 Å². The molecule has 6 nitrogen and oxygen atoms in total. The Labute approximate surface area is 140 Å². The molecule has 2 heterocycles.